The zero-order valence-electron chi connectivity index (χ0n) is 22.5. The predicted molar refractivity (Wildman–Crippen MR) is 148 cm³/mol. The van der Waals surface area contributed by atoms with Gasteiger partial charge in [0.1, 0.15) is 5.82 Å². The van der Waals surface area contributed by atoms with Crippen molar-refractivity contribution in [3.63, 3.8) is 0 Å². The number of aromatic nitrogens is 2. The van der Waals surface area contributed by atoms with Crippen LogP contribution in [0.2, 0.25) is 0 Å². The van der Waals surface area contributed by atoms with Crippen LogP contribution < -0.4 is 5.46 Å². The Hall–Kier alpha value is -2.37. The maximum Gasteiger partial charge on any atom is 0.495 e. The average molecular weight is 492 g/mol. The topological polar surface area (TPSA) is 47.1 Å². The van der Waals surface area contributed by atoms with Crippen LogP contribution in [0, 0.1) is 11.8 Å². The molecular weight excluding hydrogens is 455 g/mol. The van der Waals surface area contributed by atoms with Crippen molar-refractivity contribution < 1.29 is 9.31 Å². The third kappa shape index (κ3) is 3.39. The molecule has 0 spiro atoms. The zero-order chi connectivity index (χ0) is 25.1. The number of hydrogen-bond donors (Lipinski definition) is 1. The van der Waals surface area contributed by atoms with Crippen molar-refractivity contribution in [3.8, 4) is 22.4 Å². The van der Waals surface area contributed by atoms with E-state index in [1.165, 1.54) is 72.1 Å². The summed E-state index contributed by atoms with van der Waals surface area (Å²) in [4.78, 5) is 8.42. The van der Waals surface area contributed by atoms with Gasteiger partial charge in [-0.15, -0.1) is 0 Å². The lowest BCUT2D eigenvalue weighted by Crippen LogP contribution is -2.41. The fraction of sp³-hybridized carbons (Fsp3) is 0.531. The van der Waals surface area contributed by atoms with Crippen LogP contribution in [-0.4, -0.2) is 28.3 Å². The summed E-state index contributed by atoms with van der Waals surface area (Å²) in [6, 6.07) is 13.8. The van der Waals surface area contributed by atoms with Crippen molar-refractivity contribution in [1.29, 1.82) is 0 Å². The van der Waals surface area contributed by atoms with Gasteiger partial charge in [0.25, 0.3) is 0 Å². The van der Waals surface area contributed by atoms with Gasteiger partial charge in [0.15, 0.2) is 0 Å². The molecule has 2 aromatic carbocycles. The van der Waals surface area contributed by atoms with Crippen molar-refractivity contribution in [1.82, 2.24) is 9.97 Å². The summed E-state index contributed by atoms with van der Waals surface area (Å²) in [5.41, 5.74) is 8.76. The quantitative estimate of drug-likeness (QED) is 0.402. The number of hydrogen-bond acceptors (Lipinski definition) is 3. The first-order chi connectivity index (χ1) is 17.8. The van der Waals surface area contributed by atoms with Crippen molar-refractivity contribution in [2.45, 2.75) is 95.2 Å². The molecule has 5 aliphatic rings. The van der Waals surface area contributed by atoms with E-state index in [1.54, 1.807) is 5.56 Å². The Labute approximate surface area is 220 Å². The molecule has 1 aliphatic heterocycles. The van der Waals surface area contributed by atoms with Gasteiger partial charge < -0.3 is 14.3 Å². The number of H-pyrrole nitrogens is 1. The fourth-order valence-electron chi connectivity index (χ4n) is 7.94. The number of benzene rings is 2. The minimum Gasteiger partial charge on any atom is -0.399 e. The molecule has 4 atom stereocenters. The van der Waals surface area contributed by atoms with Gasteiger partial charge in [-0.1, -0.05) is 36.4 Å². The van der Waals surface area contributed by atoms with Gasteiger partial charge in [-0.2, -0.15) is 0 Å². The number of aromatic amines is 1. The highest BCUT2D eigenvalue weighted by atomic mass is 16.7. The monoisotopic (exact) mass is 492 g/mol. The summed E-state index contributed by atoms with van der Waals surface area (Å²) < 4.78 is 13.0. The van der Waals surface area contributed by atoms with Crippen LogP contribution in [0.5, 0.6) is 0 Å². The van der Waals surface area contributed by atoms with Gasteiger partial charge in [-0.05, 0) is 123 Å². The minimum absolute atomic E-state index is 0.283. The van der Waals surface area contributed by atoms with Gasteiger partial charge in [0.05, 0.1) is 23.1 Å². The highest BCUT2D eigenvalue weighted by Crippen LogP contribution is 2.57. The smallest absolute Gasteiger partial charge is 0.399 e. The molecular formula is C32H37BN2O2. The lowest BCUT2D eigenvalue weighted by Gasteiger charge is -2.32. The van der Waals surface area contributed by atoms with E-state index in [9.17, 15) is 0 Å². The molecule has 37 heavy (non-hydrogen) atoms. The summed E-state index contributed by atoms with van der Waals surface area (Å²) in [7, 11) is -0.283. The standard InChI is InChI=1S/C32H37BN2O2/c1-31(2)32(3,4)37-33(36-31)26-12-11-25(28-20-9-10-21(13-20)29(26)28)18-5-7-19(8-6-18)27-17-34-30(35-27)24-15-22-14-23(22)16-24/h5-8,11-12,17,20-24H,9-10,13-16H2,1-4H3,(H,34,35). The number of nitrogens with zero attached hydrogens (tertiary/aromatic N) is 1. The lowest BCUT2D eigenvalue weighted by atomic mass is 9.70. The largest absolute Gasteiger partial charge is 0.495 e. The fourth-order valence-corrected chi connectivity index (χ4v) is 7.94. The van der Waals surface area contributed by atoms with Crippen LogP contribution >= 0.6 is 0 Å². The van der Waals surface area contributed by atoms with Gasteiger partial charge in [0, 0.05) is 5.92 Å². The number of fused-ring (bicyclic) bond motifs is 6. The summed E-state index contributed by atoms with van der Waals surface area (Å²) in [5, 5.41) is 0. The van der Waals surface area contributed by atoms with Crippen molar-refractivity contribution >= 4 is 12.6 Å². The first-order valence-corrected chi connectivity index (χ1v) is 14.5. The Kier molecular flexibility index (Phi) is 4.65. The molecule has 190 valence electrons. The molecule has 0 radical (unpaired) electrons. The maximum absolute atomic E-state index is 6.51. The molecule has 4 aliphatic carbocycles. The highest BCUT2D eigenvalue weighted by molar-refractivity contribution is 6.62. The minimum atomic E-state index is -0.318. The molecule has 8 rings (SSSR count). The normalized spacial score (nSPS) is 32.1. The third-order valence-electron chi connectivity index (χ3n) is 10.8. The molecule has 5 heteroatoms. The van der Waals surface area contributed by atoms with Crippen molar-refractivity contribution in [2.24, 2.45) is 11.8 Å². The second-order valence-electron chi connectivity index (χ2n) is 13.5. The number of nitrogens with one attached hydrogen (secondary N) is 1. The van der Waals surface area contributed by atoms with E-state index in [0.29, 0.717) is 17.8 Å². The van der Waals surface area contributed by atoms with Gasteiger partial charge in [-0.3, -0.25) is 0 Å². The van der Waals surface area contributed by atoms with Gasteiger partial charge in [-0.25, -0.2) is 4.98 Å². The molecule has 3 aromatic rings. The van der Waals surface area contributed by atoms with E-state index in [1.807, 2.05) is 6.20 Å². The molecule has 1 saturated heterocycles. The zero-order valence-corrected chi connectivity index (χ0v) is 22.5. The van der Waals surface area contributed by atoms with Crippen LogP contribution in [0.25, 0.3) is 22.4 Å². The number of imidazole rings is 1. The predicted octanol–water partition coefficient (Wildman–Crippen LogP) is 6.92. The highest BCUT2D eigenvalue weighted by Gasteiger charge is 2.54. The van der Waals surface area contributed by atoms with E-state index in [4.69, 9.17) is 14.3 Å². The lowest BCUT2D eigenvalue weighted by molar-refractivity contribution is 0.00578. The average Bonchev–Trinajstić information content (AvgIpc) is 3.45. The Bertz CT molecular complexity index is 1360. The van der Waals surface area contributed by atoms with Crippen molar-refractivity contribution in [2.75, 3.05) is 0 Å². The molecule has 4 fully saturated rings. The second-order valence-corrected chi connectivity index (χ2v) is 13.5. The summed E-state index contributed by atoms with van der Waals surface area (Å²) >= 11 is 0. The summed E-state index contributed by atoms with van der Waals surface area (Å²) in [6.45, 7) is 8.59. The Morgan fingerprint density at radius 1 is 0.757 bits per heavy atom. The van der Waals surface area contributed by atoms with Crippen LogP contribution in [-0.2, 0) is 9.31 Å². The van der Waals surface area contributed by atoms with Crippen LogP contribution in [0.15, 0.2) is 42.6 Å². The van der Waals surface area contributed by atoms with E-state index in [0.717, 1.165) is 17.5 Å². The van der Waals surface area contributed by atoms with Gasteiger partial charge >= 0.3 is 7.12 Å². The first kappa shape index (κ1) is 22.6. The Morgan fingerprint density at radius 3 is 2.11 bits per heavy atom. The van der Waals surface area contributed by atoms with E-state index in [-0.39, 0.29) is 18.3 Å². The number of rotatable bonds is 4. The first-order valence-electron chi connectivity index (χ1n) is 14.5. The second kappa shape index (κ2) is 7.60. The van der Waals surface area contributed by atoms with E-state index >= 15 is 0 Å². The summed E-state index contributed by atoms with van der Waals surface area (Å²) in [6.07, 6.45) is 10.00. The Balaban J connectivity index is 1.11. The molecule has 4 unspecified atom stereocenters. The molecule has 0 amide bonds. The Morgan fingerprint density at radius 2 is 1.41 bits per heavy atom. The molecule has 1 N–H and O–H groups in total. The van der Waals surface area contributed by atoms with Crippen LogP contribution in [0.4, 0.5) is 0 Å². The molecule has 4 nitrogen and oxygen atoms in total. The molecule has 1 aromatic heterocycles. The molecule has 3 saturated carbocycles. The third-order valence-corrected chi connectivity index (χ3v) is 10.8. The van der Waals surface area contributed by atoms with Gasteiger partial charge in [0.2, 0.25) is 0 Å². The van der Waals surface area contributed by atoms with E-state index in [2.05, 4.69) is 69.1 Å². The van der Waals surface area contributed by atoms with Crippen LogP contribution in [0.1, 0.15) is 101 Å². The van der Waals surface area contributed by atoms with Crippen molar-refractivity contribution in [3.05, 3.63) is 59.5 Å². The van der Waals surface area contributed by atoms with Crippen LogP contribution in [0.3, 0.4) is 0 Å². The molecule has 2 bridgehead atoms. The maximum atomic E-state index is 6.51. The summed E-state index contributed by atoms with van der Waals surface area (Å²) in [5.74, 6) is 5.08. The molecule has 2 heterocycles. The SMILES string of the molecule is CC1(C)OB(c2ccc(-c3ccc(-c4cnc(C5CC6CC6C5)[nH]4)cc3)c3c2C2CCC3C2)OC1(C)C. The van der Waals surface area contributed by atoms with E-state index < -0.39 is 0 Å².